The fourth-order valence-corrected chi connectivity index (χ4v) is 2.95. The molecular weight excluding hydrogens is 292 g/mol. The van der Waals surface area contributed by atoms with E-state index in [1.165, 1.54) is 12.8 Å². The average Bonchev–Trinajstić information content (AvgIpc) is 3.18. The third-order valence-corrected chi connectivity index (χ3v) is 4.27. The van der Waals surface area contributed by atoms with E-state index in [0.29, 0.717) is 18.1 Å². The number of esters is 1. The van der Waals surface area contributed by atoms with Crippen molar-refractivity contribution >= 4 is 16.9 Å². The summed E-state index contributed by atoms with van der Waals surface area (Å²) in [6.07, 6.45) is 6.35. The van der Waals surface area contributed by atoms with Crippen molar-refractivity contribution in [3.8, 4) is 5.69 Å². The Bertz CT molecular complexity index is 887. The summed E-state index contributed by atoms with van der Waals surface area (Å²) >= 11 is 0. The largest absolute Gasteiger partial charge is 0.460 e. The highest BCUT2D eigenvalue weighted by atomic mass is 16.5. The number of benzene rings is 1. The van der Waals surface area contributed by atoms with Crippen molar-refractivity contribution in [1.82, 2.24) is 9.55 Å². The van der Waals surface area contributed by atoms with Gasteiger partial charge in [-0.1, -0.05) is 6.07 Å². The van der Waals surface area contributed by atoms with Gasteiger partial charge in [0.25, 0.3) is 0 Å². The first kappa shape index (κ1) is 14.1. The number of hydrogen-bond donors (Lipinski definition) is 0. The molecule has 1 fully saturated rings. The topological polar surface area (TPSA) is 57.3 Å². The lowest BCUT2D eigenvalue weighted by Gasteiger charge is -2.04. The monoisotopic (exact) mass is 310 g/mol. The van der Waals surface area contributed by atoms with Gasteiger partial charge >= 0.3 is 5.97 Å². The minimum atomic E-state index is -0.420. The molecule has 1 aromatic carbocycles. The summed E-state index contributed by atoms with van der Waals surface area (Å²) in [5.41, 5.74) is 3.59. The Hall–Kier alpha value is -2.56. The molecule has 0 atom stereocenters. The van der Waals surface area contributed by atoms with Gasteiger partial charge in [0.2, 0.25) is 5.76 Å². The summed E-state index contributed by atoms with van der Waals surface area (Å²) in [6.45, 7) is 4.00. The van der Waals surface area contributed by atoms with Gasteiger partial charge in [-0.25, -0.2) is 9.78 Å². The quantitative estimate of drug-likeness (QED) is 0.684. The SMILES string of the molecule is CCOC(=O)c1oc2cccc(-n3cnc(C4CC4)c3)c2c1C. The van der Waals surface area contributed by atoms with Gasteiger partial charge in [0.1, 0.15) is 5.58 Å². The Labute approximate surface area is 133 Å². The lowest BCUT2D eigenvalue weighted by molar-refractivity contribution is 0.0491. The maximum Gasteiger partial charge on any atom is 0.374 e. The predicted molar refractivity (Wildman–Crippen MR) is 86.0 cm³/mol. The maximum atomic E-state index is 12.0. The van der Waals surface area contributed by atoms with Crippen LogP contribution < -0.4 is 0 Å². The standard InChI is InChI=1S/C18H18N2O3/c1-3-22-18(21)17-11(2)16-14(5-4-6-15(16)23-17)20-9-13(19-10-20)12-7-8-12/h4-6,9-10,12H,3,7-8H2,1-2H3. The minimum absolute atomic E-state index is 0.275. The van der Waals surface area contributed by atoms with Crippen molar-refractivity contribution in [1.29, 1.82) is 0 Å². The van der Waals surface area contributed by atoms with E-state index in [-0.39, 0.29) is 5.76 Å². The fourth-order valence-electron chi connectivity index (χ4n) is 2.95. The maximum absolute atomic E-state index is 12.0. The molecule has 0 radical (unpaired) electrons. The molecule has 3 aromatic rings. The third-order valence-electron chi connectivity index (χ3n) is 4.27. The van der Waals surface area contributed by atoms with Crippen molar-refractivity contribution in [3.05, 3.63) is 47.7 Å². The minimum Gasteiger partial charge on any atom is -0.460 e. The van der Waals surface area contributed by atoms with Crippen molar-refractivity contribution < 1.29 is 13.9 Å². The Kier molecular flexibility index (Phi) is 3.22. The first-order valence-electron chi connectivity index (χ1n) is 7.92. The van der Waals surface area contributed by atoms with Gasteiger partial charge in [-0.2, -0.15) is 0 Å². The van der Waals surface area contributed by atoms with E-state index in [9.17, 15) is 4.79 Å². The van der Waals surface area contributed by atoms with Crippen LogP contribution in [0.2, 0.25) is 0 Å². The molecule has 0 aliphatic heterocycles. The van der Waals surface area contributed by atoms with E-state index in [1.807, 2.05) is 36.0 Å². The molecule has 5 heteroatoms. The Morgan fingerprint density at radius 1 is 1.43 bits per heavy atom. The van der Waals surface area contributed by atoms with Crippen LogP contribution in [-0.2, 0) is 4.74 Å². The number of aryl methyl sites for hydroxylation is 1. The number of aromatic nitrogens is 2. The van der Waals surface area contributed by atoms with Crippen LogP contribution in [0.25, 0.3) is 16.7 Å². The van der Waals surface area contributed by atoms with E-state index in [1.54, 1.807) is 6.92 Å². The van der Waals surface area contributed by atoms with Crippen LogP contribution in [-0.4, -0.2) is 22.1 Å². The molecule has 23 heavy (non-hydrogen) atoms. The van der Waals surface area contributed by atoms with Gasteiger partial charge in [-0.05, 0) is 38.8 Å². The van der Waals surface area contributed by atoms with Crippen LogP contribution in [0.5, 0.6) is 0 Å². The van der Waals surface area contributed by atoms with Crippen molar-refractivity contribution in [2.24, 2.45) is 0 Å². The van der Waals surface area contributed by atoms with E-state index < -0.39 is 5.97 Å². The lowest BCUT2D eigenvalue weighted by Crippen LogP contribution is -2.04. The molecule has 5 nitrogen and oxygen atoms in total. The summed E-state index contributed by atoms with van der Waals surface area (Å²) in [5, 5.41) is 0.926. The molecule has 4 rings (SSSR count). The molecule has 1 aliphatic rings. The second kappa shape index (κ2) is 5.26. The molecule has 1 aliphatic carbocycles. The number of imidazole rings is 1. The number of furan rings is 1. The summed E-state index contributed by atoms with van der Waals surface area (Å²) in [7, 11) is 0. The molecule has 0 bridgehead atoms. The number of ether oxygens (including phenoxy) is 1. The molecule has 1 saturated carbocycles. The van der Waals surface area contributed by atoms with Gasteiger partial charge in [-0.3, -0.25) is 0 Å². The van der Waals surface area contributed by atoms with E-state index >= 15 is 0 Å². The van der Waals surface area contributed by atoms with Gasteiger partial charge in [0.15, 0.2) is 0 Å². The summed E-state index contributed by atoms with van der Waals surface area (Å²) in [5.74, 6) is 0.462. The molecule has 0 unspecified atom stereocenters. The van der Waals surface area contributed by atoms with Crippen molar-refractivity contribution in [2.45, 2.75) is 32.6 Å². The zero-order chi connectivity index (χ0) is 16.0. The van der Waals surface area contributed by atoms with E-state index in [0.717, 1.165) is 22.3 Å². The first-order valence-corrected chi connectivity index (χ1v) is 7.92. The number of carbonyl (C=O) groups is 1. The highest BCUT2D eigenvalue weighted by Gasteiger charge is 2.26. The molecule has 118 valence electrons. The molecule has 0 spiro atoms. The number of hydrogen-bond acceptors (Lipinski definition) is 4. The number of nitrogens with zero attached hydrogens (tertiary/aromatic N) is 2. The highest BCUT2D eigenvalue weighted by molar-refractivity contribution is 5.99. The van der Waals surface area contributed by atoms with Gasteiger partial charge in [0, 0.05) is 23.1 Å². The van der Waals surface area contributed by atoms with Crippen LogP contribution >= 0.6 is 0 Å². The number of fused-ring (bicyclic) bond motifs is 1. The molecule has 2 heterocycles. The molecular formula is C18H18N2O3. The lowest BCUT2D eigenvalue weighted by atomic mass is 10.1. The summed E-state index contributed by atoms with van der Waals surface area (Å²) < 4.78 is 12.8. The van der Waals surface area contributed by atoms with Crippen molar-refractivity contribution in [3.63, 3.8) is 0 Å². The van der Waals surface area contributed by atoms with E-state index in [4.69, 9.17) is 9.15 Å². The Balaban J connectivity index is 1.84. The first-order chi connectivity index (χ1) is 11.2. The van der Waals surface area contributed by atoms with Gasteiger partial charge < -0.3 is 13.7 Å². The second-order valence-electron chi connectivity index (χ2n) is 5.91. The van der Waals surface area contributed by atoms with Crippen LogP contribution in [0.4, 0.5) is 0 Å². The van der Waals surface area contributed by atoms with Crippen LogP contribution in [0.3, 0.4) is 0 Å². The summed E-state index contributed by atoms with van der Waals surface area (Å²) in [6, 6.07) is 5.80. The fraction of sp³-hybridized carbons (Fsp3) is 0.333. The second-order valence-corrected chi connectivity index (χ2v) is 5.91. The third kappa shape index (κ3) is 2.32. The van der Waals surface area contributed by atoms with Crippen LogP contribution in [0, 0.1) is 6.92 Å². The van der Waals surface area contributed by atoms with Gasteiger partial charge in [0.05, 0.1) is 24.3 Å². The van der Waals surface area contributed by atoms with Crippen LogP contribution in [0.1, 0.15) is 47.5 Å². The van der Waals surface area contributed by atoms with Crippen LogP contribution in [0.15, 0.2) is 35.1 Å². The molecule has 0 saturated heterocycles. The Morgan fingerprint density at radius 3 is 3.00 bits per heavy atom. The van der Waals surface area contributed by atoms with E-state index in [2.05, 4.69) is 11.2 Å². The smallest absolute Gasteiger partial charge is 0.374 e. The summed E-state index contributed by atoms with van der Waals surface area (Å²) in [4.78, 5) is 16.6. The molecule has 2 aromatic heterocycles. The normalized spacial score (nSPS) is 14.3. The van der Waals surface area contributed by atoms with Gasteiger partial charge in [-0.15, -0.1) is 0 Å². The average molecular weight is 310 g/mol. The number of rotatable bonds is 4. The molecule has 0 N–H and O–H groups in total. The number of carbonyl (C=O) groups excluding carboxylic acids is 1. The Morgan fingerprint density at radius 2 is 2.26 bits per heavy atom. The van der Waals surface area contributed by atoms with Crippen molar-refractivity contribution in [2.75, 3.05) is 6.61 Å². The molecule has 0 amide bonds. The zero-order valence-electron chi connectivity index (χ0n) is 13.2. The highest BCUT2D eigenvalue weighted by Crippen LogP contribution is 2.39. The zero-order valence-corrected chi connectivity index (χ0v) is 13.2. The predicted octanol–water partition coefficient (Wildman–Crippen LogP) is 3.98.